The summed E-state index contributed by atoms with van der Waals surface area (Å²) in [7, 11) is 0. The van der Waals surface area contributed by atoms with Gasteiger partial charge in [0.2, 0.25) is 5.91 Å². The lowest BCUT2D eigenvalue weighted by Crippen LogP contribution is -2.48. The van der Waals surface area contributed by atoms with Crippen LogP contribution in [-0.4, -0.2) is 11.4 Å². The van der Waals surface area contributed by atoms with E-state index in [1.807, 2.05) is 0 Å². The van der Waals surface area contributed by atoms with Gasteiger partial charge in [-0.1, -0.05) is 12.8 Å². The Kier molecular flexibility index (Phi) is 3.68. The summed E-state index contributed by atoms with van der Waals surface area (Å²) in [5, 5.41) is 2.44. The van der Waals surface area contributed by atoms with Crippen LogP contribution in [0.3, 0.4) is 0 Å². The Labute approximate surface area is 112 Å². The standard InChI is InChI=1S/C12H13BrF2N2O/c13-8-5-7(14)6-9(15)10(8)17-11(18)12(16)3-1-2-4-12/h5-6H,1-4,16H2,(H,17,18). The van der Waals surface area contributed by atoms with Gasteiger partial charge in [0.15, 0.2) is 5.82 Å². The molecule has 1 fully saturated rings. The van der Waals surface area contributed by atoms with Gasteiger partial charge < -0.3 is 11.1 Å². The molecule has 0 heterocycles. The van der Waals surface area contributed by atoms with E-state index in [9.17, 15) is 13.6 Å². The van der Waals surface area contributed by atoms with Crippen molar-refractivity contribution in [2.24, 2.45) is 5.73 Å². The van der Waals surface area contributed by atoms with E-state index in [1.165, 1.54) is 0 Å². The van der Waals surface area contributed by atoms with E-state index >= 15 is 0 Å². The number of halogens is 3. The fourth-order valence-corrected chi connectivity index (χ4v) is 2.64. The van der Waals surface area contributed by atoms with Gasteiger partial charge in [0.05, 0.1) is 11.2 Å². The average molecular weight is 319 g/mol. The number of carbonyl (C=O) groups is 1. The molecule has 0 aliphatic heterocycles. The summed E-state index contributed by atoms with van der Waals surface area (Å²) in [6.45, 7) is 0. The van der Waals surface area contributed by atoms with Crippen LogP contribution in [0.5, 0.6) is 0 Å². The average Bonchev–Trinajstić information content (AvgIpc) is 2.71. The van der Waals surface area contributed by atoms with Crippen LogP contribution in [0.4, 0.5) is 14.5 Å². The number of anilines is 1. The first kappa shape index (κ1) is 13.4. The molecule has 3 N–H and O–H groups in total. The highest BCUT2D eigenvalue weighted by Crippen LogP contribution is 2.31. The van der Waals surface area contributed by atoms with Crippen molar-refractivity contribution in [1.82, 2.24) is 0 Å². The summed E-state index contributed by atoms with van der Waals surface area (Å²) in [5.41, 5.74) is 4.94. The Morgan fingerprint density at radius 1 is 1.33 bits per heavy atom. The van der Waals surface area contributed by atoms with Gasteiger partial charge in [-0.2, -0.15) is 0 Å². The number of nitrogens with two attached hydrogens (primary N) is 1. The zero-order chi connectivity index (χ0) is 13.3. The van der Waals surface area contributed by atoms with Crippen molar-refractivity contribution in [3.8, 4) is 0 Å². The molecule has 0 bridgehead atoms. The van der Waals surface area contributed by atoms with Crippen molar-refractivity contribution < 1.29 is 13.6 Å². The summed E-state index contributed by atoms with van der Waals surface area (Å²) < 4.78 is 26.6. The lowest BCUT2D eigenvalue weighted by atomic mass is 9.98. The van der Waals surface area contributed by atoms with Crippen molar-refractivity contribution in [2.45, 2.75) is 31.2 Å². The summed E-state index contributed by atoms with van der Waals surface area (Å²) >= 11 is 3.02. The molecule has 0 radical (unpaired) electrons. The highest BCUT2D eigenvalue weighted by atomic mass is 79.9. The molecule has 1 aromatic rings. The summed E-state index contributed by atoms with van der Waals surface area (Å²) in [6.07, 6.45) is 2.94. The second-order valence-corrected chi connectivity index (χ2v) is 5.42. The number of benzene rings is 1. The van der Waals surface area contributed by atoms with Crippen molar-refractivity contribution in [1.29, 1.82) is 0 Å². The van der Waals surface area contributed by atoms with Crippen LogP contribution in [0.1, 0.15) is 25.7 Å². The molecule has 0 unspecified atom stereocenters. The second-order valence-electron chi connectivity index (χ2n) is 4.56. The summed E-state index contributed by atoms with van der Waals surface area (Å²) in [4.78, 5) is 12.0. The van der Waals surface area contributed by atoms with E-state index in [2.05, 4.69) is 21.2 Å². The van der Waals surface area contributed by atoms with E-state index in [4.69, 9.17) is 5.73 Å². The molecule has 0 atom stereocenters. The van der Waals surface area contributed by atoms with Gasteiger partial charge in [0, 0.05) is 10.5 Å². The van der Waals surface area contributed by atoms with Gasteiger partial charge in [0.1, 0.15) is 5.82 Å². The van der Waals surface area contributed by atoms with Crippen LogP contribution in [-0.2, 0) is 4.79 Å². The number of rotatable bonds is 2. The van der Waals surface area contributed by atoms with E-state index in [0.29, 0.717) is 12.8 Å². The topological polar surface area (TPSA) is 55.1 Å². The van der Waals surface area contributed by atoms with Crippen molar-refractivity contribution in [2.75, 3.05) is 5.32 Å². The Morgan fingerprint density at radius 2 is 1.94 bits per heavy atom. The van der Waals surface area contributed by atoms with Crippen LogP contribution in [0, 0.1) is 11.6 Å². The van der Waals surface area contributed by atoms with Gasteiger partial charge >= 0.3 is 0 Å². The minimum Gasteiger partial charge on any atom is -0.321 e. The minimum atomic E-state index is -0.944. The number of carbonyl (C=O) groups excluding carboxylic acids is 1. The number of hydrogen-bond acceptors (Lipinski definition) is 2. The highest BCUT2D eigenvalue weighted by Gasteiger charge is 2.37. The molecule has 3 nitrogen and oxygen atoms in total. The fraction of sp³-hybridized carbons (Fsp3) is 0.417. The maximum absolute atomic E-state index is 13.6. The van der Waals surface area contributed by atoms with E-state index in [1.54, 1.807) is 0 Å². The van der Waals surface area contributed by atoms with E-state index in [-0.39, 0.29) is 10.2 Å². The zero-order valence-electron chi connectivity index (χ0n) is 9.60. The van der Waals surface area contributed by atoms with E-state index in [0.717, 1.165) is 25.0 Å². The van der Waals surface area contributed by atoms with Crippen molar-refractivity contribution >= 4 is 27.5 Å². The molecule has 0 spiro atoms. The smallest absolute Gasteiger partial charge is 0.244 e. The molecule has 1 amide bonds. The lowest BCUT2D eigenvalue weighted by molar-refractivity contribution is -0.121. The third-order valence-corrected chi connectivity index (χ3v) is 3.82. The largest absolute Gasteiger partial charge is 0.321 e. The molecule has 0 saturated heterocycles. The van der Waals surface area contributed by atoms with Gasteiger partial charge in [-0.25, -0.2) is 8.78 Å². The van der Waals surface area contributed by atoms with Crippen LogP contribution in [0.2, 0.25) is 0 Å². The third-order valence-electron chi connectivity index (χ3n) is 3.19. The molecule has 18 heavy (non-hydrogen) atoms. The Bertz CT molecular complexity index is 464. The number of hydrogen-bond donors (Lipinski definition) is 2. The normalized spacial score (nSPS) is 17.8. The molecule has 1 aliphatic carbocycles. The first-order chi connectivity index (χ1) is 8.42. The molecule has 1 aromatic carbocycles. The molecule has 6 heteroatoms. The van der Waals surface area contributed by atoms with Gasteiger partial charge in [-0.05, 0) is 34.8 Å². The molecule has 1 saturated carbocycles. The van der Waals surface area contributed by atoms with Gasteiger partial charge in [-0.3, -0.25) is 4.79 Å². The van der Waals surface area contributed by atoms with Gasteiger partial charge in [0.25, 0.3) is 0 Å². The van der Waals surface area contributed by atoms with Crippen LogP contribution < -0.4 is 11.1 Å². The van der Waals surface area contributed by atoms with Crippen LogP contribution >= 0.6 is 15.9 Å². The van der Waals surface area contributed by atoms with Crippen molar-refractivity contribution in [3.05, 3.63) is 28.2 Å². The Hall–Kier alpha value is -1.01. The molecule has 0 aromatic heterocycles. The maximum Gasteiger partial charge on any atom is 0.244 e. The molecule has 98 valence electrons. The summed E-state index contributed by atoms with van der Waals surface area (Å²) in [6, 6.07) is 1.81. The number of nitrogens with one attached hydrogen (secondary N) is 1. The first-order valence-corrected chi connectivity index (χ1v) is 6.46. The first-order valence-electron chi connectivity index (χ1n) is 5.67. The second kappa shape index (κ2) is 4.93. The molecular formula is C12H13BrF2N2O. The zero-order valence-corrected chi connectivity index (χ0v) is 11.2. The molecule has 1 aliphatic rings. The maximum atomic E-state index is 13.6. The SMILES string of the molecule is NC1(C(=O)Nc2c(F)cc(F)cc2Br)CCCC1. The van der Waals surface area contributed by atoms with E-state index < -0.39 is 23.1 Å². The highest BCUT2D eigenvalue weighted by molar-refractivity contribution is 9.10. The van der Waals surface area contributed by atoms with Crippen molar-refractivity contribution in [3.63, 3.8) is 0 Å². The predicted molar refractivity (Wildman–Crippen MR) is 68.1 cm³/mol. The predicted octanol–water partition coefficient (Wildman–Crippen LogP) is 2.94. The molecular weight excluding hydrogens is 306 g/mol. The lowest BCUT2D eigenvalue weighted by Gasteiger charge is -2.22. The Balaban J connectivity index is 2.22. The van der Waals surface area contributed by atoms with Crippen LogP contribution in [0.25, 0.3) is 0 Å². The van der Waals surface area contributed by atoms with Gasteiger partial charge in [-0.15, -0.1) is 0 Å². The third kappa shape index (κ3) is 2.54. The van der Waals surface area contributed by atoms with Crippen LogP contribution in [0.15, 0.2) is 16.6 Å². The Morgan fingerprint density at radius 3 is 2.50 bits per heavy atom. The molecule has 2 rings (SSSR count). The quantitative estimate of drug-likeness (QED) is 0.880. The monoisotopic (exact) mass is 318 g/mol. The summed E-state index contributed by atoms with van der Waals surface area (Å²) in [5.74, 6) is -1.95. The minimum absolute atomic E-state index is 0.0712. The fourth-order valence-electron chi connectivity index (χ4n) is 2.13. The number of amides is 1.